The number of nitrogens with one attached hydrogen (secondary N) is 1. The molecule has 0 bridgehead atoms. The summed E-state index contributed by atoms with van der Waals surface area (Å²) in [6, 6.07) is 2.81. The van der Waals surface area contributed by atoms with Crippen molar-refractivity contribution < 1.29 is 5.11 Å². The fraction of sp³-hybridized carbons (Fsp3) is 0.727. The van der Waals surface area contributed by atoms with Crippen molar-refractivity contribution in [1.29, 1.82) is 0 Å². The van der Waals surface area contributed by atoms with Gasteiger partial charge >= 0.3 is 0 Å². The van der Waals surface area contributed by atoms with Gasteiger partial charge in [-0.05, 0) is 32.3 Å². The molecule has 1 fully saturated rings. The number of hydrogen-bond donors (Lipinski definition) is 2. The molecule has 0 spiro atoms. The molecule has 0 aromatic carbocycles. The van der Waals surface area contributed by atoms with Gasteiger partial charge in [-0.15, -0.1) is 0 Å². The Hall–Kier alpha value is -0.870. The van der Waals surface area contributed by atoms with E-state index in [0.717, 1.165) is 6.54 Å². The second kappa shape index (κ2) is 4.77. The van der Waals surface area contributed by atoms with E-state index in [1.165, 1.54) is 25.0 Å². The number of rotatable bonds is 5. The van der Waals surface area contributed by atoms with Crippen molar-refractivity contribution in [3.8, 4) is 0 Å². The Bertz CT molecular complexity index is 307. The van der Waals surface area contributed by atoms with Crippen LogP contribution in [0.1, 0.15) is 37.9 Å². The Balaban J connectivity index is 1.92. The van der Waals surface area contributed by atoms with Crippen LogP contribution in [0.5, 0.6) is 0 Å². The van der Waals surface area contributed by atoms with Gasteiger partial charge in [-0.2, -0.15) is 5.10 Å². The highest BCUT2D eigenvalue weighted by atomic mass is 16.3. The molecule has 1 aliphatic carbocycles. The highest BCUT2D eigenvalue weighted by Gasteiger charge is 2.21. The van der Waals surface area contributed by atoms with E-state index in [1.807, 2.05) is 13.1 Å². The molecular formula is C11H19N3O. The van der Waals surface area contributed by atoms with Gasteiger partial charge in [0.15, 0.2) is 0 Å². The number of aliphatic hydroxyl groups is 1. The zero-order valence-corrected chi connectivity index (χ0v) is 9.19. The van der Waals surface area contributed by atoms with Crippen LogP contribution in [0.4, 0.5) is 0 Å². The van der Waals surface area contributed by atoms with Crippen LogP contribution in [0.25, 0.3) is 0 Å². The fourth-order valence-corrected chi connectivity index (χ4v) is 1.79. The molecule has 0 amide bonds. The van der Waals surface area contributed by atoms with Crippen LogP contribution < -0.4 is 5.32 Å². The van der Waals surface area contributed by atoms with E-state index >= 15 is 0 Å². The summed E-state index contributed by atoms with van der Waals surface area (Å²) in [5.41, 5.74) is 1.22. The molecule has 1 aromatic rings. The van der Waals surface area contributed by atoms with Crippen molar-refractivity contribution in [2.75, 3.05) is 6.61 Å². The van der Waals surface area contributed by atoms with Crippen molar-refractivity contribution in [3.63, 3.8) is 0 Å². The lowest BCUT2D eigenvalue weighted by molar-refractivity contribution is 0.245. The minimum Gasteiger partial charge on any atom is -0.395 e. The van der Waals surface area contributed by atoms with Crippen LogP contribution in [-0.2, 0) is 6.54 Å². The normalized spacial score (nSPS) is 18.8. The van der Waals surface area contributed by atoms with Gasteiger partial charge in [0.1, 0.15) is 0 Å². The number of nitrogens with zero attached hydrogens (tertiary/aromatic N) is 2. The average molecular weight is 209 g/mol. The smallest absolute Gasteiger partial charge is 0.0582 e. The third-order valence-electron chi connectivity index (χ3n) is 3.08. The lowest BCUT2D eigenvalue weighted by Crippen LogP contribution is -2.30. The van der Waals surface area contributed by atoms with Crippen LogP contribution in [0.3, 0.4) is 0 Å². The molecule has 2 N–H and O–H groups in total. The first-order chi connectivity index (χ1) is 7.31. The monoisotopic (exact) mass is 209 g/mol. The van der Waals surface area contributed by atoms with Crippen molar-refractivity contribution in [3.05, 3.63) is 18.0 Å². The molecule has 0 aliphatic heterocycles. The van der Waals surface area contributed by atoms with Gasteiger partial charge in [-0.25, -0.2) is 0 Å². The first-order valence-corrected chi connectivity index (χ1v) is 5.68. The van der Waals surface area contributed by atoms with Gasteiger partial charge < -0.3 is 10.4 Å². The van der Waals surface area contributed by atoms with Gasteiger partial charge in [-0.3, -0.25) is 4.68 Å². The lowest BCUT2D eigenvalue weighted by atomic mass is 9.93. The Labute approximate surface area is 90.3 Å². The third kappa shape index (κ3) is 2.38. The Morgan fingerprint density at radius 1 is 1.67 bits per heavy atom. The summed E-state index contributed by atoms with van der Waals surface area (Å²) in [6.45, 7) is 2.94. The molecule has 2 rings (SSSR count). The zero-order valence-electron chi connectivity index (χ0n) is 9.19. The van der Waals surface area contributed by atoms with E-state index in [9.17, 15) is 0 Å². The Morgan fingerprint density at radius 2 is 2.47 bits per heavy atom. The minimum absolute atomic E-state index is 0.148. The van der Waals surface area contributed by atoms with E-state index in [4.69, 9.17) is 5.11 Å². The number of hydrogen-bond acceptors (Lipinski definition) is 3. The molecule has 4 nitrogen and oxygen atoms in total. The zero-order chi connectivity index (χ0) is 10.7. The van der Waals surface area contributed by atoms with Gasteiger partial charge in [0.05, 0.1) is 18.3 Å². The standard InChI is InChI=1S/C11H19N3O/c1-9(8-15)12-7-11-5-6-13-14(11)10-3-2-4-10/h5-6,9-10,12,15H,2-4,7-8H2,1H3. The number of aliphatic hydroxyl groups excluding tert-OH is 1. The van der Waals surface area contributed by atoms with Gasteiger partial charge in [0, 0.05) is 18.8 Å². The summed E-state index contributed by atoms with van der Waals surface area (Å²) in [7, 11) is 0. The summed E-state index contributed by atoms with van der Waals surface area (Å²) >= 11 is 0. The maximum Gasteiger partial charge on any atom is 0.0582 e. The molecule has 84 valence electrons. The van der Waals surface area contributed by atoms with Crippen LogP contribution in [0, 0.1) is 0 Å². The van der Waals surface area contributed by atoms with Crippen molar-refractivity contribution in [1.82, 2.24) is 15.1 Å². The largest absolute Gasteiger partial charge is 0.395 e. The van der Waals surface area contributed by atoms with Crippen molar-refractivity contribution >= 4 is 0 Å². The highest BCUT2D eigenvalue weighted by molar-refractivity contribution is 5.03. The summed E-state index contributed by atoms with van der Waals surface area (Å²) in [6.07, 6.45) is 5.69. The number of aromatic nitrogens is 2. The molecule has 1 aliphatic rings. The first-order valence-electron chi connectivity index (χ1n) is 5.68. The van der Waals surface area contributed by atoms with Crippen LogP contribution in [0.2, 0.25) is 0 Å². The maximum atomic E-state index is 8.91. The predicted octanol–water partition coefficient (Wildman–Crippen LogP) is 1.08. The van der Waals surface area contributed by atoms with Gasteiger partial charge in [0.2, 0.25) is 0 Å². The lowest BCUT2D eigenvalue weighted by Gasteiger charge is -2.27. The summed E-state index contributed by atoms with van der Waals surface area (Å²) in [4.78, 5) is 0. The van der Waals surface area contributed by atoms with Crippen LogP contribution in [0.15, 0.2) is 12.3 Å². The van der Waals surface area contributed by atoms with E-state index in [0.29, 0.717) is 6.04 Å². The Kier molecular flexibility index (Phi) is 3.38. The Morgan fingerprint density at radius 3 is 3.07 bits per heavy atom. The topological polar surface area (TPSA) is 50.1 Å². The van der Waals surface area contributed by atoms with E-state index < -0.39 is 0 Å². The van der Waals surface area contributed by atoms with Crippen molar-refractivity contribution in [2.45, 2.75) is 44.8 Å². The van der Waals surface area contributed by atoms with Gasteiger partial charge in [-0.1, -0.05) is 0 Å². The highest BCUT2D eigenvalue weighted by Crippen LogP contribution is 2.31. The molecule has 0 saturated heterocycles. The molecule has 1 unspecified atom stereocenters. The average Bonchev–Trinajstić information content (AvgIpc) is 2.60. The molecule has 1 aromatic heterocycles. The SMILES string of the molecule is CC(CO)NCc1ccnn1C1CCC1. The molecule has 4 heteroatoms. The first kappa shape index (κ1) is 10.6. The molecule has 15 heavy (non-hydrogen) atoms. The van der Waals surface area contributed by atoms with E-state index in [1.54, 1.807) is 0 Å². The van der Waals surface area contributed by atoms with E-state index in [2.05, 4.69) is 21.2 Å². The summed E-state index contributed by atoms with van der Waals surface area (Å²) in [5.74, 6) is 0. The van der Waals surface area contributed by atoms with Crippen molar-refractivity contribution in [2.24, 2.45) is 0 Å². The molecule has 1 heterocycles. The molecule has 1 saturated carbocycles. The second-order valence-electron chi connectivity index (χ2n) is 4.32. The third-order valence-corrected chi connectivity index (χ3v) is 3.08. The second-order valence-corrected chi connectivity index (χ2v) is 4.32. The summed E-state index contributed by atoms with van der Waals surface area (Å²) in [5, 5.41) is 16.5. The van der Waals surface area contributed by atoms with Crippen LogP contribution >= 0.6 is 0 Å². The minimum atomic E-state index is 0.148. The molecule has 1 atom stereocenters. The molecule has 0 radical (unpaired) electrons. The van der Waals surface area contributed by atoms with Crippen LogP contribution in [-0.4, -0.2) is 27.5 Å². The fourth-order valence-electron chi connectivity index (χ4n) is 1.79. The van der Waals surface area contributed by atoms with Gasteiger partial charge in [0.25, 0.3) is 0 Å². The molecular weight excluding hydrogens is 190 g/mol. The van der Waals surface area contributed by atoms with E-state index in [-0.39, 0.29) is 12.6 Å². The summed E-state index contributed by atoms with van der Waals surface area (Å²) < 4.78 is 2.13. The predicted molar refractivity (Wildman–Crippen MR) is 58.5 cm³/mol. The maximum absolute atomic E-state index is 8.91. The quantitative estimate of drug-likeness (QED) is 0.763.